The molecule has 0 saturated carbocycles. The molecule has 0 saturated heterocycles. The number of unbranched alkanes of at least 4 members (excludes halogenated alkanes) is 1. The lowest BCUT2D eigenvalue weighted by Crippen LogP contribution is -2.31. The van der Waals surface area contributed by atoms with Crippen molar-refractivity contribution >= 4 is 0 Å². The smallest absolute Gasteiger partial charge is 0.129 e. The molecule has 1 aromatic heterocycles. The summed E-state index contributed by atoms with van der Waals surface area (Å²) in [4.78, 5) is 2.34. The molecule has 21 heavy (non-hydrogen) atoms. The van der Waals surface area contributed by atoms with Crippen molar-refractivity contribution in [3.63, 3.8) is 0 Å². The Morgan fingerprint density at radius 2 is 2.19 bits per heavy atom. The van der Waals surface area contributed by atoms with Gasteiger partial charge < -0.3 is 24.5 Å². The summed E-state index contributed by atoms with van der Waals surface area (Å²) in [5.41, 5.74) is 0. The molecule has 1 heterocycles. The first kappa shape index (κ1) is 18.2. The van der Waals surface area contributed by atoms with Crippen LogP contribution < -0.4 is 5.32 Å². The van der Waals surface area contributed by atoms with Gasteiger partial charge in [0.1, 0.15) is 12.4 Å². The Kier molecular flexibility index (Phi) is 9.34. The predicted molar refractivity (Wildman–Crippen MR) is 84.2 cm³/mol. The van der Waals surface area contributed by atoms with E-state index in [4.69, 9.17) is 9.15 Å². The van der Waals surface area contributed by atoms with Crippen LogP contribution in [0, 0.1) is 0 Å². The maximum Gasteiger partial charge on any atom is 0.129 e. The van der Waals surface area contributed by atoms with Crippen LogP contribution in [0.2, 0.25) is 0 Å². The summed E-state index contributed by atoms with van der Waals surface area (Å²) in [6, 6.07) is 4.29. The van der Waals surface area contributed by atoms with Gasteiger partial charge in [0.25, 0.3) is 0 Å². The van der Waals surface area contributed by atoms with Crippen molar-refractivity contribution in [2.75, 3.05) is 33.3 Å². The fourth-order valence-corrected chi connectivity index (χ4v) is 1.89. The number of hydrogen-bond acceptors (Lipinski definition) is 5. The van der Waals surface area contributed by atoms with Crippen LogP contribution in [0.4, 0.5) is 0 Å². The topological polar surface area (TPSA) is 57.9 Å². The van der Waals surface area contributed by atoms with E-state index in [-0.39, 0.29) is 0 Å². The maximum atomic E-state index is 9.77. The first-order valence-electron chi connectivity index (χ1n) is 7.78. The molecule has 0 aliphatic rings. The van der Waals surface area contributed by atoms with Crippen molar-refractivity contribution in [2.24, 2.45) is 0 Å². The molecular weight excluding hydrogens is 268 g/mol. The van der Waals surface area contributed by atoms with Crippen LogP contribution in [0.15, 0.2) is 22.8 Å². The summed E-state index contributed by atoms with van der Waals surface area (Å²) >= 11 is 0. The first-order chi connectivity index (χ1) is 10.1. The zero-order valence-corrected chi connectivity index (χ0v) is 13.5. The zero-order valence-electron chi connectivity index (χ0n) is 13.5. The molecule has 122 valence electrons. The van der Waals surface area contributed by atoms with Crippen LogP contribution in [0.1, 0.15) is 32.4 Å². The molecule has 0 bridgehead atoms. The number of rotatable bonds is 12. The molecule has 0 spiro atoms. The van der Waals surface area contributed by atoms with Gasteiger partial charge in [-0.2, -0.15) is 0 Å². The van der Waals surface area contributed by atoms with Crippen molar-refractivity contribution in [1.29, 1.82) is 0 Å². The average molecular weight is 298 g/mol. The number of aliphatic hydroxyl groups is 1. The van der Waals surface area contributed by atoms with Gasteiger partial charge in [0.05, 0.1) is 19.0 Å². The van der Waals surface area contributed by atoms with E-state index in [2.05, 4.69) is 31.1 Å². The Hall–Kier alpha value is -0.880. The maximum absolute atomic E-state index is 9.77. The first-order valence-corrected chi connectivity index (χ1v) is 7.78. The van der Waals surface area contributed by atoms with Crippen LogP contribution in [0.25, 0.3) is 0 Å². The van der Waals surface area contributed by atoms with E-state index in [1.54, 1.807) is 6.26 Å². The lowest BCUT2D eigenvalue weighted by atomic mass is 10.2. The van der Waals surface area contributed by atoms with E-state index in [1.165, 1.54) is 6.42 Å². The number of aliphatic hydroxyl groups excluding tert-OH is 1. The lowest BCUT2D eigenvalue weighted by Gasteiger charge is -2.20. The van der Waals surface area contributed by atoms with Crippen molar-refractivity contribution in [2.45, 2.75) is 45.4 Å². The fourth-order valence-electron chi connectivity index (χ4n) is 1.89. The van der Waals surface area contributed by atoms with E-state index >= 15 is 0 Å². The van der Waals surface area contributed by atoms with Crippen LogP contribution in [0.3, 0.4) is 0 Å². The second-order valence-electron chi connectivity index (χ2n) is 5.73. The standard InChI is InChI=1S/C16H30N2O3/c1-14(2)18(3)9-5-4-8-17-11-15(19)12-20-13-16-7-6-10-21-16/h6-7,10,14-15,17,19H,4-5,8-9,11-13H2,1-3H3. The Labute approximate surface area is 128 Å². The van der Waals surface area contributed by atoms with Gasteiger partial charge >= 0.3 is 0 Å². The van der Waals surface area contributed by atoms with Gasteiger partial charge in [0.15, 0.2) is 0 Å². The number of hydrogen-bond donors (Lipinski definition) is 2. The molecule has 0 amide bonds. The van der Waals surface area contributed by atoms with E-state index in [9.17, 15) is 5.11 Å². The Balaban J connectivity index is 1.90. The van der Waals surface area contributed by atoms with Gasteiger partial charge in [-0.1, -0.05) is 0 Å². The minimum atomic E-state index is -0.474. The third-order valence-corrected chi connectivity index (χ3v) is 3.51. The molecule has 0 radical (unpaired) electrons. The summed E-state index contributed by atoms with van der Waals surface area (Å²) in [6.45, 7) is 7.76. The molecule has 1 aromatic rings. The van der Waals surface area contributed by atoms with Gasteiger partial charge in [-0.25, -0.2) is 0 Å². The molecule has 0 aliphatic carbocycles. The van der Waals surface area contributed by atoms with Crippen molar-refractivity contribution in [1.82, 2.24) is 10.2 Å². The highest BCUT2D eigenvalue weighted by molar-refractivity contribution is 4.96. The zero-order chi connectivity index (χ0) is 15.5. The largest absolute Gasteiger partial charge is 0.467 e. The molecule has 5 heteroatoms. The second-order valence-corrected chi connectivity index (χ2v) is 5.73. The van der Waals surface area contributed by atoms with Crippen LogP contribution in [-0.2, 0) is 11.3 Å². The molecule has 1 unspecified atom stereocenters. The van der Waals surface area contributed by atoms with Crippen molar-refractivity contribution in [3.8, 4) is 0 Å². The summed E-state index contributed by atoms with van der Waals surface area (Å²) in [7, 11) is 2.15. The monoisotopic (exact) mass is 298 g/mol. The molecule has 0 aromatic carbocycles. The SMILES string of the molecule is CC(C)N(C)CCCCNCC(O)COCc1ccco1. The average Bonchev–Trinajstić information content (AvgIpc) is 2.95. The third kappa shape index (κ3) is 8.88. The predicted octanol–water partition coefficient (Wildman–Crippen LogP) is 1.87. The Morgan fingerprint density at radius 1 is 1.38 bits per heavy atom. The van der Waals surface area contributed by atoms with Crippen molar-refractivity contribution in [3.05, 3.63) is 24.2 Å². The Bertz CT molecular complexity index is 341. The van der Waals surface area contributed by atoms with Gasteiger partial charge in [-0.05, 0) is 59.0 Å². The van der Waals surface area contributed by atoms with Crippen LogP contribution >= 0.6 is 0 Å². The number of nitrogens with one attached hydrogen (secondary N) is 1. The summed E-state index contributed by atoms with van der Waals surface area (Å²) in [5.74, 6) is 0.782. The van der Waals surface area contributed by atoms with Gasteiger partial charge in [0.2, 0.25) is 0 Å². The molecule has 1 atom stereocenters. The highest BCUT2D eigenvalue weighted by atomic mass is 16.5. The Morgan fingerprint density at radius 3 is 2.86 bits per heavy atom. The summed E-state index contributed by atoms with van der Waals surface area (Å²) < 4.78 is 10.5. The van der Waals surface area contributed by atoms with Gasteiger partial charge in [-0.3, -0.25) is 0 Å². The third-order valence-electron chi connectivity index (χ3n) is 3.51. The van der Waals surface area contributed by atoms with Crippen LogP contribution in [0.5, 0.6) is 0 Å². The molecule has 5 nitrogen and oxygen atoms in total. The summed E-state index contributed by atoms with van der Waals surface area (Å²) in [5, 5.41) is 13.0. The number of furan rings is 1. The number of nitrogens with zero attached hydrogens (tertiary/aromatic N) is 1. The summed E-state index contributed by atoms with van der Waals surface area (Å²) in [6.07, 6.45) is 3.44. The molecule has 2 N–H and O–H groups in total. The van der Waals surface area contributed by atoms with Gasteiger partial charge in [0, 0.05) is 12.6 Å². The highest BCUT2D eigenvalue weighted by Crippen LogP contribution is 2.02. The van der Waals surface area contributed by atoms with Gasteiger partial charge in [-0.15, -0.1) is 0 Å². The van der Waals surface area contributed by atoms with E-state index in [0.717, 1.165) is 25.3 Å². The van der Waals surface area contributed by atoms with Crippen LogP contribution in [-0.4, -0.2) is 55.4 Å². The molecular formula is C16H30N2O3. The van der Waals surface area contributed by atoms with Crippen molar-refractivity contribution < 1.29 is 14.3 Å². The van der Waals surface area contributed by atoms with E-state index in [0.29, 0.717) is 25.8 Å². The quantitative estimate of drug-likeness (QED) is 0.577. The lowest BCUT2D eigenvalue weighted by molar-refractivity contribution is 0.0227. The molecule has 1 rings (SSSR count). The molecule has 0 aliphatic heterocycles. The molecule has 0 fully saturated rings. The highest BCUT2D eigenvalue weighted by Gasteiger charge is 2.05. The van der Waals surface area contributed by atoms with E-state index < -0.39 is 6.10 Å². The van der Waals surface area contributed by atoms with E-state index in [1.807, 2.05) is 12.1 Å². The fraction of sp³-hybridized carbons (Fsp3) is 0.750. The normalized spacial score (nSPS) is 13.2. The minimum absolute atomic E-state index is 0.323. The minimum Gasteiger partial charge on any atom is -0.467 e. The number of ether oxygens (including phenoxy) is 1. The second kappa shape index (κ2) is 10.8.